The van der Waals surface area contributed by atoms with Gasteiger partial charge in [0, 0.05) is 0 Å². The Balaban J connectivity index is 3.46. The fourth-order valence-corrected chi connectivity index (χ4v) is 0.344. The van der Waals surface area contributed by atoms with Crippen LogP contribution in [-0.4, -0.2) is 22.7 Å². The van der Waals surface area contributed by atoms with Crippen molar-refractivity contribution in [1.82, 2.24) is 0 Å². The molecular weight excluding hydrogens is 111 g/mol. The second kappa shape index (κ2) is 2.99. The normalized spacial score (nSPS) is 15.4. The summed E-state index contributed by atoms with van der Waals surface area (Å²) in [5, 5.41) is 16.3. The lowest BCUT2D eigenvalue weighted by atomic mass is 10.1. The van der Waals surface area contributed by atoms with Gasteiger partial charge in [0.25, 0.3) is 0 Å². The van der Waals surface area contributed by atoms with Gasteiger partial charge in [0.15, 0.2) is 12.5 Å². The number of hydrogen-bond acceptors (Lipinski definition) is 2. The molecule has 50 valence electrons. The summed E-state index contributed by atoms with van der Waals surface area (Å²) in [6.45, 7) is 3.17. The maximum absolute atomic E-state index is 12.1. The summed E-state index contributed by atoms with van der Waals surface area (Å²) in [6, 6.07) is 0. The highest BCUT2D eigenvalue weighted by Crippen LogP contribution is 2.07. The van der Waals surface area contributed by atoms with Crippen LogP contribution in [0.1, 0.15) is 13.8 Å². The standard InChI is InChI=1S/C5H11FO2/c1-3(2)4(6)5(7)8/h3-5,7-8H,1-2H3. The first-order chi connectivity index (χ1) is 3.55. The van der Waals surface area contributed by atoms with E-state index in [9.17, 15) is 4.39 Å². The Morgan fingerprint density at radius 3 is 1.62 bits per heavy atom. The van der Waals surface area contributed by atoms with E-state index in [-0.39, 0.29) is 5.92 Å². The molecule has 0 radical (unpaired) electrons. The first-order valence-electron chi connectivity index (χ1n) is 2.56. The number of aliphatic hydroxyl groups is 2. The summed E-state index contributed by atoms with van der Waals surface area (Å²) in [5.74, 6) is -0.324. The number of aliphatic hydroxyl groups excluding tert-OH is 1. The summed E-state index contributed by atoms with van der Waals surface area (Å²) in [4.78, 5) is 0. The van der Waals surface area contributed by atoms with Crippen LogP contribution in [0.2, 0.25) is 0 Å². The molecule has 0 aliphatic carbocycles. The van der Waals surface area contributed by atoms with Gasteiger partial charge in [0.05, 0.1) is 0 Å². The van der Waals surface area contributed by atoms with Crippen molar-refractivity contribution in [2.75, 3.05) is 0 Å². The smallest absolute Gasteiger partial charge is 0.183 e. The summed E-state index contributed by atoms with van der Waals surface area (Å²) in [6.07, 6.45) is -3.34. The Morgan fingerprint density at radius 1 is 1.25 bits per heavy atom. The van der Waals surface area contributed by atoms with E-state index in [1.165, 1.54) is 0 Å². The molecule has 0 spiro atoms. The van der Waals surface area contributed by atoms with E-state index in [1.807, 2.05) is 0 Å². The third kappa shape index (κ3) is 2.23. The molecule has 2 N–H and O–H groups in total. The molecule has 0 saturated carbocycles. The molecule has 0 amide bonds. The Morgan fingerprint density at radius 2 is 1.62 bits per heavy atom. The van der Waals surface area contributed by atoms with E-state index >= 15 is 0 Å². The first-order valence-corrected chi connectivity index (χ1v) is 2.56. The van der Waals surface area contributed by atoms with Crippen LogP contribution in [-0.2, 0) is 0 Å². The summed E-state index contributed by atoms with van der Waals surface area (Å²) < 4.78 is 12.1. The minimum absolute atomic E-state index is 0.324. The lowest BCUT2D eigenvalue weighted by Gasteiger charge is -2.12. The maximum atomic E-state index is 12.1. The molecule has 8 heavy (non-hydrogen) atoms. The van der Waals surface area contributed by atoms with Crippen molar-refractivity contribution >= 4 is 0 Å². The summed E-state index contributed by atoms with van der Waals surface area (Å²) in [5.41, 5.74) is 0. The summed E-state index contributed by atoms with van der Waals surface area (Å²) >= 11 is 0. The number of alkyl halides is 1. The molecule has 0 aliphatic rings. The fraction of sp³-hybridized carbons (Fsp3) is 1.00. The molecule has 1 unspecified atom stereocenters. The van der Waals surface area contributed by atoms with E-state index < -0.39 is 12.5 Å². The van der Waals surface area contributed by atoms with Gasteiger partial charge in [-0.3, -0.25) is 0 Å². The van der Waals surface area contributed by atoms with Crippen molar-refractivity contribution in [2.45, 2.75) is 26.3 Å². The molecule has 0 aliphatic heterocycles. The second-order valence-electron chi connectivity index (χ2n) is 2.10. The first kappa shape index (κ1) is 7.85. The number of hydrogen-bond donors (Lipinski definition) is 2. The quantitative estimate of drug-likeness (QED) is 0.517. The van der Waals surface area contributed by atoms with E-state index in [4.69, 9.17) is 10.2 Å². The van der Waals surface area contributed by atoms with Gasteiger partial charge in [-0.1, -0.05) is 13.8 Å². The molecule has 0 saturated heterocycles. The Kier molecular flexibility index (Phi) is 2.94. The molecule has 0 fully saturated rings. The maximum Gasteiger partial charge on any atom is 0.183 e. The Bertz CT molecular complexity index is 55.4. The van der Waals surface area contributed by atoms with E-state index in [1.54, 1.807) is 13.8 Å². The monoisotopic (exact) mass is 122 g/mol. The lowest BCUT2D eigenvalue weighted by molar-refractivity contribution is -0.106. The van der Waals surface area contributed by atoms with Crippen molar-refractivity contribution in [1.29, 1.82) is 0 Å². The highest BCUT2D eigenvalue weighted by molar-refractivity contribution is 4.60. The highest BCUT2D eigenvalue weighted by Gasteiger charge is 2.18. The Labute approximate surface area is 48.0 Å². The molecule has 0 bridgehead atoms. The topological polar surface area (TPSA) is 40.5 Å². The van der Waals surface area contributed by atoms with E-state index in [0.29, 0.717) is 0 Å². The molecule has 0 aromatic rings. The van der Waals surface area contributed by atoms with Gasteiger partial charge in [-0.05, 0) is 5.92 Å². The van der Waals surface area contributed by atoms with Crippen molar-refractivity contribution in [3.05, 3.63) is 0 Å². The zero-order valence-corrected chi connectivity index (χ0v) is 5.00. The van der Waals surface area contributed by atoms with Crippen molar-refractivity contribution in [3.8, 4) is 0 Å². The van der Waals surface area contributed by atoms with Gasteiger partial charge in [0.2, 0.25) is 0 Å². The summed E-state index contributed by atoms with van der Waals surface area (Å²) in [7, 11) is 0. The SMILES string of the molecule is CC(C)C(F)C(O)O. The molecular formula is C5H11FO2. The van der Waals surface area contributed by atoms with Crippen LogP contribution in [0.15, 0.2) is 0 Å². The van der Waals surface area contributed by atoms with Gasteiger partial charge < -0.3 is 10.2 Å². The van der Waals surface area contributed by atoms with Gasteiger partial charge >= 0.3 is 0 Å². The third-order valence-electron chi connectivity index (χ3n) is 0.922. The molecule has 3 heteroatoms. The average molecular weight is 122 g/mol. The van der Waals surface area contributed by atoms with Crippen LogP contribution in [0.5, 0.6) is 0 Å². The molecule has 1 atom stereocenters. The van der Waals surface area contributed by atoms with E-state index in [2.05, 4.69) is 0 Å². The number of halogens is 1. The molecule has 0 heterocycles. The second-order valence-corrected chi connectivity index (χ2v) is 2.10. The fourth-order valence-electron chi connectivity index (χ4n) is 0.344. The third-order valence-corrected chi connectivity index (χ3v) is 0.922. The predicted octanol–water partition coefficient (Wildman–Crippen LogP) is 0.291. The van der Waals surface area contributed by atoms with Gasteiger partial charge in [0.1, 0.15) is 0 Å². The molecule has 0 aromatic carbocycles. The zero-order valence-electron chi connectivity index (χ0n) is 5.00. The molecule has 2 nitrogen and oxygen atoms in total. The average Bonchev–Trinajstić information content (AvgIpc) is 1.64. The zero-order chi connectivity index (χ0) is 6.73. The van der Waals surface area contributed by atoms with Crippen molar-refractivity contribution in [3.63, 3.8) is 0 Å². The highest BCUT2D eigenvalue weighted by atomic mass is 19.1. The lowest BCUT2D eigenvalue weighted by Crippen LogP contribution is -2.25. The van der Waals surface area contributed by atoms with Crippen LogP contribution < -0.4 is 0 Å². The minimum Gasteiger partial charge on any atom is -0.366 e. The van der Waals surface area contributed by atoms with Gasteiger partial charge in [-0.15, -0.1) is 0 Å². The molecule has 0 aromatic heterocycles. The van der Waals surface area contributed by atoms with Crippen LogP contribution >= 0.6 is 0 Å². The largest absolute Gasteiger partial charge is 0.366 e. The van der Waals surface area contributed by atoms with E-state index in [0.717, 1.165) is 0 Å². The minimum atomic E-state index is -1.82. The Hall–Kier alpha value is -0.150. The van der Waals surface area contributed by atoms with Crippen LogP contribution in [0.25, 0.3) is 0 Å². The van der Waals surface area contributed by atoms with Crippen LogP contribution in [0, 0.1) is 5.92 Å². The molecule has 0 rings (SSSR count). The van der Waals surface area contributed by atoms with Crippen molar-refractivity contribution < 1.29 is 14.6 Å². The van der Waals surface area contributed by atoms with Crippen LogP contribution in [0.4, 0.5) is 4.39 Å². The predicted molar refractivity (Wildman–Crippen MR) is 28.0 cm³/mol. The number of rotatable bonds is 2. The van der Waals surface area contributed by atoms with Crippen LogP contribution in [0.3, 0.4) is 0 Å². The van der Waals surface area contributed by atoms with Gasteiger partial charge in [-0.25, -0.2) is 4.39 Å². The van der Waals surface area contributed by atoms with Crippen molar-refractivity contribution in [2.24, 2.45) is 5.92 Å². The van der Waals surface area contributed by atoms with Gasteiger partial charge in [-0.2, -0.15) is 0 Å².